The number of carbonyl (C=O) groups excluding carboxylic acids is 4. The Kier molecular flexibility index (Phi) is 19.0. The summed E-state index contributed by atoms with van der Waals surface area (Å²) in [4.78, 5) is 54.1. The van der Waals surface area contributed by atoms with Gasteiger partial charge in [-0.3, -0.25) is 14.4 Å². The van der Waals surface area contributed by atoms with Gasteiger partial charge in [0.05, 0.1) is 31.2 Å². The predicted molar refractivity (Wildman–Crippen MR) is 209 cm³/mol. The van der Waals surface area contributed by atoms with Crippen molar-refractivity contribution in [1.29, 1.82) is 0 Å². The zero-order valence-corrected chi connectivity index (χ0v) is 33.7. The topological polar surface area (TPSA) is 166 Å². The number of carbonyl (C=O) groups is 4. The van der Waals surface area contributed by atoms with Gasteiger partial charge in [-0.05, 0) is 98.2 Å². The molecule has 6 atom stereocenters. The average Bonchev–Trinajstić information content (AvgIpc) is 3.13. The molecule has 2 aromatic rings. The van der Waals surface area contributed by atoms with Crippen LogP contribution < -0.4 is 21.3 Å². The summed E-state index contributed by atoms with van der Waals surface area (Å²) in [6, 6.07) is 6.03. The van der Waals surface area contributed by atoms with Crippen LogP contribution in [0.1, 0.15) is 112 Å². The summed E-state index contributed by atoms with van der Waals surface area (Å²) in [6.07, 6.45) is 0.868. The van der Waals surface area contributed by atoms with Crippen molar-refractivity contribution in [2.45, 2.75) is 151 Å². The Bertz CT molecular complexity index is 1470. The van der Waals surface area contributed by atoms with Gasteiger partial charge in [0.2, 0.25) is 17.7 Å². The molecule has 0 heterocycles. The number of aliphatic hydroxyl groups excluding tert-OH is 2. The second-order valence-electron chi connectivity index (χ2n) is 15.0. The fourth-order valence-corrected chi connectivity index (χ4v) is 6.51. The van der Waals surface area contributed by atoms with Crippen molar-refractivity contribution < 1.29 is 34.1 Å². The molecule has 0 radical (unpaired) electrons. The van der Waals surface area contributed by atoms with E-state index in [-0.39, 0.29) is 37.9 Å². The summed E-state index contributed by atoms with van der Waals surface area (Å²) in [5.41, 5.74) is 7.22. The Morgan fingerprint density at radius 2 is 1.34 bits per heavy atom. The lowest BCUT2D eigenvalue weighted by Crippen LogP contribution is -2.57. The van der Waals surface area contributed by atoms with Gasteiger partial charge in [0.1, 0.15) is 18.7 Å². The van der Waals surface area contributed by atoms with Crippen LogP contribution >= 0.6 is 0 Å². The molecule has 0 aliphatic rings. The molecule has 6 N–H and O–H groups in total. The first-order chi connectivity index (χ1) is 25.0. The van der Waals surface area contributed by atoms with Crippen LogP contribution in [0.4, 0.5) is 4.79 Å². The maximum absolute atomic E-state index is 14.2. The minimum absolute atomic E-state index is 0.0270. The van der Waals surface area contributed by atoms with Gasteiger partial charge < -0.3 is 36.2 Å². The molecular formula is C42H66N4O7. The molecule has 0 fully saturated rings. The van der Waals surface area contributed by atoms with Gasteiger partial charge in [-0.2, -0.15) is 0 Å². The van der Waals surface area contributed by atoms with Gasteiger partial charge in [-0.15, -0.1) is 0 Å². The Morgan fingerprint density at radius 3 is 1.89 bits per heavy atom. The Labute approximate surface area is 317 Å². The molecule has 11 nitrogen and oxygen atoms in total. The Morgan fingerprint density at radius 1 is 0.755 bits per heavy atom. The van der Waals surface area contributed by atoms with Gasteiger partial charge in [0.15, 0.2) is 0 Å². The molecule has 296 valence electrons. The van der Waals surface area contributed by atoms with E-state index in [0.29, 0.717) is 19.3 Å². The quantitative estimate of drug-likeness (QED) is 0.0978. The van der Waals surface area contributed by atoms with E-state index >= 15 is 0 Å². The average molecular weight is 739 g/mol. The molecule has 0 aromatic heterocycles. The third-order valence-electron chi connectivity index (χ3n) is 10.7. The van der Waals surface area contributed by atoms with Crippen molar-refractivity contribution in [1.82, 2.24) is 21.3 Å². The second kappa shape index (κ2) is 22.3. The molecule has 2 rings (SSSR count). The number of alkyl carbamates (subject to hydrolysis) is 1. The minimum Gasteiger partial charge on any atom is -0.445 e. The first-order valence-corrected chi connectivity index (χ1v) is 19.3. The van der Waals surface area contributed by atoms with E-state index in [1.54, 1.807) is 0 Å². The number of rotatable bonds is 21. The van der Waals surface area contributed by atoms with E-state index in [1.165, 1.54) is 5.56 Å². The van der Waals surface area contributed by atoms with Gasteiger partial charge in [-0.25, -0.2) is 4.79 Å². The largest absolute Gasteiger partial charge is 0.445 e. The van der Waals surface area contributed by atoms with E-state index in [0.717, 1.165) is 46.2 Å². The number of benzene rings is 2. The highest BCUT2D eigenvalue weighted by Crippen LogP contribution is 2.27. The molecule has 0 spiro atoms. The molecule has 4 amide bonds. The number of unbranched alkanes of at least 4 members (excludes halogenated alkanes) is 1. The molecule has 0 aliphatic carbocycles. The highest BCUT2D eigenvalue weighted by atomic mass is 16.5. The molecule has 11 heteroatoms. The van der Waals surface area contributed by atoms with E-state index in [1.807, 2.05) is 92.6 Å². The monoisotopic (exact) mass is 738 g/mol. The number of amides is 4. The van der Waals surface area contributed by atoms with E-state index in [4.69, 9.17) is 4.74 Å². The fraction of sp³-hybridized carbons (Fsp3) is 0.619. The highest BCUT2D eigenvalue weighted by molar-refractivity contribution is 5.91. The van der Waals surface area contributed by atoms with Crippen LogP contribution in [0.2, 0.25) is 0 Å². The van der Waals surface area contributed by atoms with Crippen LogP contribution in [0.15, 0.2) is 30.3 Å². The third kappa shape index (κ3) is 14.1. The maximum atomic E-state index is 14.2. The highest BCUT2D eigenvalue weighted by Gasteiger charge is 2.32. The van der Waals surface area contributed by atoms with Gasteiger partial charge >= 0.3 is 6.09 Å². The molecule has 0 saturated carbocycles. The first-order valence-electron chi connectivity index (χ1n) is 19.3. The summed E-state index contributed by atoms with van der Waals surface area (Å²) >= 11 is 0. The smallest absolute Gasteiger partial charge is 0.408 e. The van der Waals surface area contributed by atoms with Crippen molar-refractivity contribution in [2.75, 3.05) is 6.61 Å². The number of ether oxygens (including phenoxy) is 1. The third-order valence-corrected chi connectivity index (χ3v) is 10.7. The lowest BCUT2D eigenvalue weighted by atomic mass is 9.86. The van der Waals surface area contributed by atoms with Crippen molar-refractivity contribution in [2.24, 2.45) is 11.8 Å². The first kappa shape index (κ1) is 45.2. The standard InChI is InChI=1S/C42H66N4O7/c1-11-13-19-34(40(50)45-35(20-25(3)4)38(48)22-39(49)43-37(23-47)26(5)12-2)44-41(51)36(46-42(52)53-24-32-17-15-14-16-18-32)21-33-30(9)28(7)27(6)29(8)31(33)10/h14-18,25-26,34-38,47-48H,11-13,19-24H2,1-10H3,(H,43,49)(H,44,51)(H,45,50)(H,46,52)/t26?,34-,35?,36-,37+,38?/m0/s1. The van der Waals surface area contributed by atoms with E-state index < -0.39 is 54.1 Å². The number of hydrogen-bond acceptors (Lipinski definition) is 7. The van der Waals surface area contributed by atoms with Gasteiger partial charge in [0, 0.05) is 6.42 Å². The maximum Gasteiger partial charge on any atom is 0.408 e. The van der Waals surface area contributed by atoms with Crippen LogP contribution in [0.5, 0.6) is 0 Å². The molecule has 3 unspecified atom stereocenters. The Balaban J connectivity index is 2.35. The van der Waals surface area contributed by atoms with Crippen molar-refractivity contribution in [3.63, 3.8) is 0 Å². The number of aliphatic hydroxyl groups is 2. The number of nitrogens with one attached hydrogen (secondary N) is 4. The van der Waals surface area contributed by atoms with E-state index in [9.17, 15) is 29.4 Å². The van der Waals surface area contributed by atoms with Crippen LogP contribution in [0.25, 0.3) is 0 Å². The van der Waals surface area contributed by atoms with Crippen molar-refractivity contribution >= 4 is 23.8 Å². The fourth-order valence-electron chi connectivity index (χ4n) is 6.51. The molecule has 2 aromatic carbocycles. The lowest BCUT2D eigenvalue weighted by molar-refractivity contribution is -0.131. The summed E-state index contributed by atoms with van der Waals surface area (Å²) < 4.78 is 5.51. The van der Waals surface area contributed by atoms with Crippen LogP contribution in [0, 0.1) is 46.5 Å². The summed E-state index contributed by atoms with van der Waals surface area (Å²) in [5, 5.41) is 32.4. The normalized spacial score (nSPS) is 14.7. The summed E-state index contributed by atoms with van der Waals surface area (Å²) in [6.45, 7) is 19.8. The van der Waals surface area contributed by atoms with Crippen molar-refractivity contribution in [3.8, 4) is 0 Å². The van der Waals surface area contributed by atoms with Gasteiger partial charge in [0.25, 0.3) is 0 Å². The zero-order valence-electron chi connectivity index (χ0n) is 33.7. The molecule has 0 saturated heterocycles. The SMILES string of the molecule is CCCC[C@H](NC(=O)[C@H](Cc1c(C)c(C)c(C)c(C)c1C)NC(=O)OCc1ccccc1)C(=O)NC(CC(C)C)C(O)CC(=O)N[C@H](CO)C(C)CC. The zero-order chi connectivity index (χ0) is 39.8. The number of hydrogen-bond donors (Lipinski definition) is 6. The minimum atomic E-state index is -1.20. The van der Waals surface area contributed by atoms with Crippen LogP contribution in [-0.2, 0) is 32.1 Å². The summed E-state index contributed by atoms with van der Waals surface area (Å²) in [7, 11) is 0. The second-order valence-corrected chi connectivity index (χ2v) is 15.0. The van der Waals surface area contributed by atoms with E-state index in [2.05, 4.69) is 28.2 Å². The van der Waals surface area contributed by atoms with Crippen LogP contribution in [0.3, 0.4) is 0 Å². The van der Waals surface area contributed by atoms with Gasteiger partial charge in [-0.1, -0.05) is 84.2 Å². The predicted octanol–water partition coefficient (Wildman–Crippen LogP) is 5.55. The van der Waals surface area contributed by atoms with Crippen LogP contribution in [-0.4, -0.2) is 70.9 Å². The van der Waals surface area contributed by atoms with Crippen molar-refractivity contribution in [3.05, 3.63) is 69.3 Å². The summed E-state index contributed by atoms with van der Waals surface area (Å²) in [5.74, 6) is -1.31. The lowest BCUT2D eigenvalue weighted by Gasteiger charge is -2.30. The molecule has 53 heavy (non-hydrogen) atoms. The molecule has 0 aliphatic heterocycles. The molecular weight excluding hydrogens is 672 g/mol. The Hall–Kier alpha value is -3.96. The molecule has 0 bridgehead atoms.